The number of hydrogen-bond donors (Lipinski definition) is 0. The van der Waals surface area contributed by atoms with E-state index in [0.29, 0.717) is 6.10 Å². The molecule has 0 amide bonds. The molecule has 0 unspecified atom stereocenters. The second kappa shape index (κ2) is 5.77. The van der Waals surface area contributed by atoms with Crippen LogP contribution < -0.4 is 4.74 Å². The van der Waals surface area contributed by atoms with Crippen molar-refractivity contribution in [2.24, 2.45) is 0 Å². The van der Waals surface area contributed by atoms with Gasteiger partial charge in [0.05, 0.1) is 6.10 Å². The summed E-state index contributed by atoms with van der Waals surface area (Å²) >= 11 is 0. The fourth-order valence-corrected chi connectivity index (χ4v) is 2.59. The van der Waals surface area contributed by atoms with Gasteiger partial charge >= 0.3 is 0 Å². The zero-order valence-corrected chi connectivity index (χ0v) is 12.0. The third-order valence-electron chi connectivity index (χ3n) is 3.83. The van der Waals surface area contributed by atoms with Crippen LogP contribution in [0, 0.1) is 0 Å². The first-order valence-corrected chi connectivity index (χ1v) is 7.33. The molecule has 0 heterocycles. The molecule has 0 saturated heterocycles. The van der Waals surface area contributed by atoms with Crippen molar-refractivity contribution in [3.8, 4) is 5.75 Å². The summed E-state index contributed by atoms with van der Waals surface area (Å²) in [7, 11) is 0. The molecule has 0 radical (unpaired) electrons. The van der Waals surface area contributed by atoms with Crippen LogP contribution in [0.3, 0.4) is 0 Å². The smallest absolute Gasteiger partial charge is 0.119 e. The first-order valence-electron chi connectivity index (χ1n) is 7.33. The van der Waals surface area contributed by atoms with Gasteiger partial charge < -0.3 is 4.74 Å². The molecule has 1 fully saturated rings. The molecule has 1 aromatic rings. The minimum absolute atomic E-state index is 0.223. The van der Waals surface area contributed by atoms with Crippen molar-refractivity contribution in [3.05, 3.63) is 29.8 Å². The summed E-state index contributed by atoms with van der Waals surface area (Å²) in [6.45, 7) is 6.73. The van der Waals surface area contributed by atoms with Gasteiger partial charge in [-0.1, -0.05) is 45.7 Å². The van der Waals surface area contributed by atoms with Gasteiger partial charge in [0, 0.05) is 0 Å². The van der Waals surface area contributed by atoms with E-state index in [9.17, 15) is 0 Å². The van der Waals surface area contributed by atoms with Crippen molar-refractivity contribution in [2.75, 3.05) is 0 Å². The maximum absolute atomic E-state index is 6.10. The van der Waals surface area contributed by atoms with Gasteiger partial charge in [-0.2, -0.15) is 0 Å². The van der Waals surface area contributed by atoms with Crippen molar-refractivity contribution < 1.29 is 4.74 Å². The second-order valence-corrected chi connectivity index (χ2v) is 6.51. The fourth-order valence-electron chi connectivity index (χ4n) is 2.59. The maximum atomic E-state index is 6.10. The molecule has 0 bridgehead atoms. The zero-order valence-electron chi connectivity index (χ0n) is 12.0. The van der Waals surface area contributed by atoms with Crippen molar-refractivity contribution in [3.63, 3.8) is 0 Å². The SMILES string of the molecule is CC(C)(C)c1ccc(OC2CCCCCC2)cc1. The Labute approximate surface area is 112 Å². The number of ether oxygens (including phenoxy) is 1. The van der Waals surface area contributed by atoms with Crippen LogP contribution >= 0.6 is 0 Å². The van der Waals surface area contributed by atoms with E-state index in [-0.39, 0.29) is 5.41 Å². The first kappa shape index (κ1) is 13.5. The molecular formula is C17H26O. The molecule has 1 saturated carbocycles. The number of rotatable bonds is 2. The molecule has 1 heteroatoms. The lowest BCUT2D eigenvalue weighted by atomic mass is 9.87. The average Bonchev–Trinajstić information content (AvgIpc) is 2.57. The summed E-state index contributed by atoms with van der Waals surface area (Å²) < 4.78 is 6.10. The fraction of sp³-hybridized carbons (Fsp3) is 0.647. The highest BCUT2D eigenvalue weighted by Gasteiger charge is 2.15. The van der Waals surface area contributed by atoms with Gasteiger partial charge in [-0.25, -0.2) is 0 Å². The van der Waals surface area contributed by atoms with E-state index in [1.807, 2.05) is 0 Å². The zero-order chi connectivity index (χ0) is 13.0. The van der Waals surface area contributed by atoms with Crippen LogP contribution in [0.15, 0.2) is 24.3 Å². The molecule has 1 aromatic carbocycles. The molecule has 18 heavy (non-hydrogen) atoms. The van der Waals surface area contributed by atoms with E-state index in [2.05, 4.69) is 45.0 Å². The molecular weight excluding hydrogens is 220 g/mol. The van der Waals surface area contributed by atoms with Gasteiger partial charge in [-0.05, 0) is 48.8 Å². The molecule has 1 aliphatic rings. The van der Waals surface area contributed by atoms with Gasteiger partial charge in [-0.15, -0.1) is 0 Å². The van der Waals surface area contributed by atoms with Crippen LogP contribution in [0.4, 0.5) is 0 Å². The van der Waals surface area contributed by atoms with Gasteiger partial charge in [0.1, 0.15) is 5.75 Å². The molecule has 0 aliphatic heterocycles. The van der Waals surface area contributed by atoms with Crippen LogP contribution in [-0.4, -0.2) is 6.10 Å². The largest absolute Gasteiger partial charge is 0.490 e. The summed E-state index contributed by atoms with van der Waals surface area (Å²) in [4.78, 5) is 0. The second-order valence-electron chi connectivity index (χ2n) is 6.51. The Morgan fingerprint density at radius 3 is 1.94 bits per heavy atom. The Morgan fingerprint density at radius 1 is 0.889 bits per heavy atom. The van der Waals surface area contributed by atoms with Crippen molar-refractivity contribution in [2.45, 2.75) is 70.8 Å². The highest BCUT2D eigenvalue weighted by atomic mass is 16.5. The van der Waals surface area contributed by atoms with Gasteiger partial charge in [0.15, 0.2) is 0 Å². The standard InChI is InChI=1S/C17H26O/c1-17(2,3)14-10-12-16(13-11-14)18-15-8-6-4-5-7-9-15/h10-13,15H,4-9H2,1-3H3. The number of hydrogen-bond acceptors (Lipinski definition) is 1. The lowest BCUT2D eigenvalue weighted by Crippen LogP contribution is -2.15. The molecule has 0 aromatic heterocycles. The van der Waals surface area contributed by atoms with Crippen LogP contribution in [0.25, 0.3) is 0 Å². The van der Waals surface area contributed by atoms with E-state index in [0.717, 1.165) is 5.75 Å². The highest BCUT2D eigenvalue weighted by molar-refractivity contribution is 5.31. The molecule has 0 N–H and O–H groups in total. The maximum Gasteiger partial charge on any atom is 0.119 e. The van der Waals surface area contributed by atoms with E-state index >= 15 is 0 Å². The van der Waals surface area contributed by atoms with E-state index in [4.69, 9.17) is 4.74 Å². The summed E-state index contributed by atoms with van der Waals surface area (Å²) in [5, 5.41) is 0. The predicted molar refractivity (Wildman–Crippen MR) is 77.3 cm³/mol. The Kier molecular flexibility index (Phi) is 4.31. The Morgan fingerprint density at radius 2 is 1.44 bits per heavy atom. The van der Waals surface area contributed by atoms with E-state index < -0.39 is 0 Å². The van der Waals surface area contributed by atoms with E-state index in [1.54, 1.807) is 0 Å². The Bertz CT molecular complexity index is 350. The lowest BCUT2D eigenvalue weighted by Gasteiger charge is -2.21. The molecule has 2 rings (SSSR count). The summed E-state index contributed by atoms with van der Waals surface area (Å²) in [6.07, 6.45) is 8.29. The molecule has 1 nitrogen and oxygen atoms in total. The van der Waals surface area contributed by atoms with E-state index in [1.165, 1.54) is 44.1 Å². The number of benzene rings is 1. The minimum atomic E-state index is 0.223. The van der Waals surface area contributed by atoms with Crippen molar-refractivity contribution >= 4 is 0 Å². The first-order chi connectivity index (χ1) is 8.55. The van der Waals surface area contributed by atoms with Gasteiger partial charge in [-0.3, -0.25) is 0 Å². The van der Waals surface area contributed by atoms with Crippen LogP contribution in [0.2, 0.25) is 0 Å². The average molecular weight is 246 g/mol. The van der Waals surface area contributed by atoms with Crippen molar-refractivity contribution in [1.29, 1.82) is 0 Å². The Balaban J connectivity index is 1.97. The van der Waals surface area contributed by atoms with Crippen LogP contribution in [0.1, 0.15) is 64.9 Å². The predicted octanol–water partition coefficient (Wildman–Crippen LogP) is 5.09. The lowest BCUT2D eigenvalue weighted by molar-refractivity contribution is 0.183. The van der Waals surface area contributed by atoms with Gasteiger partial charge in [0.25, 0.3) is 0 Å². The topological polar surface area (TPSA) is 9.23 Å². The Hall–Kier alpha value is -0.980. The monoisotopic (exact) mass is 246 g/mol. The summed E-state index contributed by atoms with van der Waals surface area (Å²) in [5.41, 5.74) is 1.59. The minimum Gasteiger partial charge on any atom is -0.490 e. The normalized spacial score (nSPS) is 18.4. The highest BCUT2D eigenvalue weighted by Crippen LogP contribution is 2.26. The summed E-state index contributed by atoms with van der Waals surface area (Å²) in [6, 6.07) is 8.66. The molecule has 1 aliphatic carbocycles. The third-order valence-corrected chi connectivity index (χ3v) is 3.83. The van der Waals surface area contributed by atoms with Gasteiger partial charge in [0.2, 0.25) is 0 Å². The summed E-state index contributed by atoms with van der Waals surface area (Å²) in [5.74, 6) is 1.04. The third kappa shape index (κ3) is 3.76. The quantitative estimate of drug-likeness (QED) is 0.661. The molecule has 100 valence electrons. The van der Waals surface area contributed by atoms with Crippen LogP contribution in [-0.2, 0) is 5.41 Å². The molecule has 0 spiro atoms. The van der Waals surface area contributed by atoms with Crippen molar-refractivity contribution in [1.82, 2.24) is 0 Å². The molecule has 0 atom stereocenters. The van der Waals surface area contributed by atoms with Crippen LogP contribution in [0.5, 0.6) is 5.75 Å².